The fraction of sp³-hybridized carbons (Fsp3) is 0.529. The number of ether oxygens (including phenoxy) is 2. The number of benzene rings is 2. The number of Topliss-reactive ketones (excluding diaryl/α,β-unsaturated/α-hetero) is 1. The van der Waals surface area contributed by atoms with Crippen molar-refractivity contribution in [3.05, 3.63) is 64.7 Å². The van der Waals surface area contributed by atoms with Gasteiger partial charge < -0.3 is 9.47 Å². The molecular formula is C34H44O4. The molecule has 4 heteroatoms. The van der Waals surface area contributed by atoms with Gasteiger partial charge in [0.15, 0.2) is 5.78 Å². The summed E-state index contributed by atoms with van der Waals surface area (Å²) >= 11 is 0. The first kappa shape index (κ1) is 28.1. The number of carbonyl (C=O) groups is 2. The van der Waals surface area contributed by atoms with Crippen molar-refractivity contribution >= 4 is 17.3 Å². The van der Waals surface area contributed by atoms with E-state index in [-0.39, 0.29) is 11.8 Å². The maximum atomic E-state index is 13.1. The van der Waals surface area contributed by atoms with Crippen molar-refractivity contribution in [2.45, 2.75) is 110 Å². The van der Waals surface area contributed by atoms with Crippen LogP contribution in [0.4, 0.5) is 0 Å². The molecule has 2 unspecified atom stereocenters. The second-order valence-electron chi connectivity index (χ2n) is 11.2. The Kier molecular flexibility index (Phi) is 9.12. The van der Waals surface area contributed by atoms with Crippen molar-refractivity contribution in [2.75, 3.05) is 0 Å². The van der Waals surface area contributed by atoms with Crippen LogP contribution < -0.4 is 9.47 Å². The first-order chi connectivity index (χ1) is 18.3. The summed E-state index contributed by atoms with van der Waals surface area (Å²) in [6.07, 6.45) is 8.38. The van der Waals surface area contributed by atoms with Gasteiger partial charge in [-0.25, -0.2) is 0 Å². The number of carbonyl (C=O) groups excluding carboxylic acids is 2. The van der Waals surface area contributed by atoms with Gasteiger partial charge in [-0.15, -0.1) is 0 Å². The largest absolute Gasteiger partial charge is 0.482 e. The number of rotatable bonds is 12. The second kappa shape index (κ2) is 12.3. The Balaban J connectivity index is 1.71. The van der Waals surface area contributed by atoms with Gasteiger partial charge in [-0.1, -0.05) is 90.6 Å². The zero-order valence-corrected chi connectivity index (χ0v) is 23.9. The van der Waals surface area contributed by atoms with Crippen molar-refractivity contribution in [1.82, 2.24) is 0 Å². The van der Waals surface area contributed by atoms with E-state index < -0.39 is 5.60 Å². The van der Waals surface area contributed by atoms with E-state index in [9.17, 15) is 9.59 Å². The summed E-state index contributed by atoms with van der Waals surface area (Å²) in [5.41, 5.74) is 4.25. The summed E-state index contributed by atoms with van der Waals surface area (Å²) < 4.78 is 12.9. The Morgan fingerprint density at radius 2 is 1.76 bits per heavy atom. The van der Waals surface area contributed by atoms with Gasteiger partial charge in [0.25, 0.3) is 0 Å². The molecule has 4 rings (SSSR count). The number of allylic oxidation sites excluding steroid dienone is 1. The van der Waals surface area contributed by atoms with E-state index in [4.69, 9.17) is 9.47 Å². The maximum absolute atomic E-state index is 13.1. The molecule has 38 heavy (non-hydrogen) atoms. The van der Waals surface area contributed by atoms with Crippen molar-refractivity contribution in [2.24, 2.45) is 5.92 Å². The molecule has 204 valence electrons. The molecule has 1 heterocycles. The van der Waals surface area contributed by atoms with Crippen LogP contribution in [0.5, 0.6) is 11.5 Å². The third kappa shape index (κ3) is 5.75. The fourth-order valence-electron chi connectivity index (χ4n) is 6.14. The average molecular weight is 517 g/mol. The van der Waals surface area contributed by atoms with Crippen LogP contribution in [-0.4, -0.2) is 17.4 Å². The highest BCUT2D eigenvalue weighted by molar-refractivity contribution is 6.10. The highest BCUT2D eigenvalue weighted by Crippen LogP contribution is 2.53. The SMILES string of the molecule is CCCCCC(C)C(C)c1cc(OC(=O)CCc2ccccc2)c2c(c1)OC(CC)(CC)C1=C2CCC1=O. The summed E-state index contributed by atoms with van der Waals surface area (Å²) in [5, 5.41) is 0. The molecule has 0 N–H and O–H groups in total. The van der Waals surface area contributed by atoms with Crippen molar-refractivity contribution in [1.29, 1.82) is 0 Å². The molecule has 0 amide bonds. The summed E-state index contributed by atoms with van der Waals surface area (Å²) in [6.45, 7) is 11.0. The Hall–Kier alpha value is -2.88. The zero-order valence-electron chi connectivity index (χ0n) is 23.9. The Labute approximate surface area is 228 Å². The summed E-state index contributed by atoms with van der Waals surface area (Å²) in [5.74, 6) is 2.00. The normalized spacial score (nSPS) is 17.4. The van der Waals surface area contributed by atoms with Crippen molar-refractivity contribution in [3.63, 3.8) is 0 Å². The maximum Gasteiger partial charge on any atom is 0.311 e. The molecule has 0 aromatic heterocycles. The lowest BCUT2D eigenvalue weighted by atomic mass is 9.79. The molecule has 2 atom stereocenters. The number of aryl methyl sites for hydroxylation is 1. The number of hydrogen-bond acceptors (Lipinski definition) is 4. The van der Waals surface area contributed by atoms with Crippen LogP contribution in [-0.2, 0) is 16.0 Å². The van der Waals surface area contributed by atoms with Gasteiger partial charge in [0, 0.05) is 18.4 Å². The second-order valence-corrected chi connectivity index (χ2v) is 11.2. The highest BCUT2D eigenvalue weighted by Gasteiger charge is 2.47. The quantitative estimate of drug-likeness (QED) is 0.161. The first-order valence-electron chi connectivity index (χ1n) is 14.7. The molecule has 4 nitrogen and oxygen atoms in total. The molecule has 0 bridgehead atoms. The number of ketones is 1. The minimum Gasteiger partial charge on any atom is -0.482 e. The zero-order chi connectivity index (χ0) is 27.3. The molecule has 0 saturated carbocycles. The summed E-state index contributed by atoms with van der Waals surface area (Å²) in [6, 6.07) is 14.2. The van der Waals surface area contributed by atoms with Crippen LogP contribution in [0, 0.1) is 5.92 Å². The van der Waals surface area contributed by atoms with Crippen LogP contribution in [0.25, 0.3) is 5.57 Å². The third-order valence-electron chi connectivity index (χ3n) is 8.80. The smallest absolute Gasteiger partial charge is 0.311 e. The molecule has 0 spiro atoms. The number of esters is 1. The van der Waals surface area contributed by atoms with Crippen LogP contribution in [0.2, 0.25) is 0 Å². The van der Waals surface area contributed by atoms with Gasteiger partial charge in [0.05, 0.1) is 5.56 Å². The lowest BCUT2D eigenvalue weighted by Crippen LogP contribution is -2.41. The van der Waals surface area contributed by atoms with E-state index in [1.807, 2.05) is 36.4 Å². The Morgan fingerprint density at radius 3 is 2.45 bits per heavy atom. The summed E-state index contributed by atoms with van der Waals surface area (Å²) in [7, 11) is 0. The third-order valence-corrected chi connectivity index (χ3v) is 8.80. The van der Waals surface area contributed by atoms with Crippen molar-refractivity contribution in [3.8, 4) is 11.5 Å². The van der Waals surface area contributed by atoms with Gasteiger partial charge in [0.2, 0.25) is 0 Å². The number of hydrogen-bond donors (Lipinski definition) is 0. The monoisotopic (exact) mass is 516 g/mol. The van der Waals surface area contributed by atoms with E-state index >= 15 is 0 Å². The number of unbranched alkanes of at least 4 members (excludes halogenated alkanes) is 2. The predicted molar refractivity (Wildman–Crippen MR) is 154 cm³/mol. The number of fused-ring (bicyclic) bond motifs is 2. The van der Waals surface area contributed by atoms with E-state index in [0.717, 1.165) is 52.8 Å². The van der Waals surface area contributed by atoms with E-state index in [2.05, 4.69) is 40.7 Å². The average Bonchev–Trinajstić information content (AvgIpc) is 3.33. The molecule has 2 aromatic rings. The molecule has 1 aliphatic carbocycles. The molecule has 0 saturated heterocycles. The lowest BCUT2D eigenvalue weighted by Gasteiger charge is -2.39. The van der Waals surface area contributed by atoms with Gasteiger partial charge in [-0.3, -0.25) is 9.59 Å². The predicted octanol–water partition coefficient (Wildman–Crippen LogP) is 8.61. The van der Waals surface area contributed by atoms with Gasteiger partial charge in [0.1, 0.15) is 17.1 Å². The minimum atomic E-state index is -0.612. The molecule has 0 radical (unpaired) electrons. The fourth-order valence-corrected chi connectivity index (χ4v) is 6.14. The van der Waals surface area contributed by atoms with Gasteiger partial charge in [-0.05, 0) is 66.4 Å². The van der Waals surface area contributed by atoms with Crippen LogP contribution >= 0.6 is 0 Å². The Morgan fingerprint density at radius 1 is 1.03 bits per heavy atom. The standard InChI is InChI=1S/C34H44O4/c1-6-9-11-14-23(4)24(5)26-21-29(37-31(36)20-17-25-15-12-10-13-16-25)32-27-18-19-28(35)33(27)34(7-2,8-3)38-30(32)22-26/h10,12-13,15-16,21-24H,6-9,11,14,17-20H2,1-5H3. The van der Waals surface area contributed by atoms with Gasteiger partial charge in [-0.2, -0.15) is 0 Å². The van der Waals surface area contributed by atoms with E-state index in [0.29, 0.717) is 43.3 Å². The molecule has 0 fully saturated rings. The molecule has 2 aromatic carbocycles. The molecular weight excluding hydrogens is 472 g/mol. The minimum absolute atomic E-state index is 0.165. The van der Waals surface area contributed by atoms with E-state index in [1.54, 1.807) is 0 Å². The van der Waals surface area contributed by atoms with Crippen molar-refractivity contribution < 1.29 is 19.1 Å². The molecule has 2 aliphatic rings. The topological polar surface area (TPSA) is 52.6 Å². The molecule has 1 aliphatic heterocycles. The first-order valence-corrected chi connectivity index (χ1v) is 14.7. The van der Waals surface area contributed by atoms with Crippen LogP contribution in [0.15, 0.2) is 48.0 Å². The lowest BCUT2D eigenvalue weighted by molar-refractivity contribution is -0.134. The van der Waals surface area contributed by atoms with E-state index in [1.165, 1.54) is 19.3 Å². The van der Waals surface area contributed by atoms with Crippen LogP contribution in [0.3, 0.4) is 0 Å². The highest BCUT2D eigenvalue weighted by atomic mass is 16.5. The Bertz CT molecular complexity index is 1170. The summed E-state index contributed by atoms with van der Waals surface area (Å²) in [4.78, 5) is 26.2. The van der Waals surface area contributed by atoms with Crippen LogP contribution in [0.1, 0.15) is 115 Å². The van der Waals surface area contributed by atoms with Gasteiger partial charge >= 0.3 is 5.97 Å².